The van der Waals surface area contributed by atoms with E-state index in [9.17, 15) is 24.9 Å². The van der Waals surface area contributed by atoms with Crippen molar-refractivity contribution in [3.63, 3.8) is 0 Å². The van der Waals surface area contributed by atoms with Gasteiger partial charge in [-0.1, -0.05) is 48.5 Å². The van der Waals surface area contributed by atoms with Gasteiger partial charge in [0.15, 0.2) is 0 Å². The summed E-state index contributed by atoms with van der Waals surface area (Å²) in [6.45, 7) is 0.00824. The number of benzene rings is 4. The van der Waals surface area contributed by atoms with Crippen molar-refractivity contribution in [1.29, 1.82) is 0 Å². The van der Waals surface area contributed by atoms with Crippen molar-refractivity contribution in [2.24, 2.45) is 0 Å². The number of carboxylic acid groups (broad SMARTS) is 1. The summed E-state index contributed by atoms with van der Waals surface area (Å²) < 4.78 is 0. The number of hydrogen-bond acceptors (Lipinski definition) is 7. The Kier molecular flexibility index (Phi) is 10.9. The second-order valence-electron chi connectivity index (χ2n) is 13.4. The molecule has 1 aliphatic heterocycles. The Labute approximate surface area is 334 Å². The number of hydrogen-bond donors (Lipinski definition) is 7. The lowest BCUT2D eigenvalue weighted by molar-refractivity contribution is -0.136. The zero-order valence-electron chi connectivity index (χ0n) is 30.8. The molecule has 4 aromatic carbocycles. The number of nitrogens with one attached hydrogen (secondary N) is 3. The van der Waals surface area contributed by atoms with E-state index < -0.39 is 5.97 Å². The van der Waals surface area contributed by atoms with Gasteiger partial charge in [-0.2, -0.15) is 0 Å². The van der Waals surface area contributed by atoms with Crippen LogP contribution in [-0.2, 0) is 4.79 Å². The molecule has 3 radical (unpaired) electrons. The quantitative estimate of drug-likeness (QED) is 0.0749. The van der Waals surface area contributed by atoms with E-state index in [0.717, 1.165) is 33.3 Å². The van der Waals surface area contributed by atoms with Gasteiger partial charge in [0.25, 0.3) is 5.91 Å². The molecular weight excluding hydrogens is 729 g/mol. The first-order chi connectivity index (χ1) is 27.7. The van der Waals surface area contributed by atoms with Crippen LogP contribution >= 0.6 is 0 Å². The number of rotatable bonds is 8. The molecular formula is C46H35BN5O6. The highest BCUT2D eigenvalue weighted by atomic mass is 16.4. The average Bonchev–Trinajstić information content (AvgIpc) is 3.98. The van der Waals surface area contributed by atoms with E-state index in [-0.39, 0.29) is 44.5 Å². The summed E-state index contributed by atoms with van der Waals surface area (Å²) in [4.78, 5) is 40.9. The van der Waals surface area contributed by atoms with E-state index >= 15 is 0 Å². The molecule has 0 fully saturated rings. The van der Waals surface area contributed by atoms with Crippen LogP contribution < -0.4 is 5.32 Å². The Balaban J connectivity index is 0.00000512. The molecule has 0 spiro atoms. The number of carbonyl (C=O) groups excluding carboxylic acids is 1. The van der Waals surface area contributed by atoms with Crippen LogP contribution in [0.5, 0.6) is 17.2 Å². The van der Waals surface area contributed by atoms with Crippen molar-refractivity contribution in [1.82, 2.24) is 25.3 Å². The van der Waals surface area contributed by atoms with Crippen LogP contribution in [0.2, 0.25) is 0 Å². The van der Waals surface area contributed by atoms with Crippen LogP contribution in [0.15, 0.2) is 134 Å². The molecule has 11 nitrogen and oxygen atoms in total. The van der Waals surface area contributed by atoms with Gasteiger partial charge in [-0.25, -0.2) is 4.98 Å². The summed E-state index contributed by atoms with van der Waals surface area (Å²) in [5.41, 5.74) is 10.2. The van der Waals surface area contributed by atoms with Gasteiger partial charge >= 0.3 is 5.97 Å². The Morgan fingerprint density at radius 1 is 0.569 bits per heavy atom. The Morgan fingerprint density at radius 3 is 1.53 bits per heavy atom. The second kappa shape index (κ2) is 16.5. The number of amides is 1. The van der Waals surface area contributed by atoms with Gasteiger partial charge in [-0.05, 0) is 107 Å². The van der Waals surface area contributed by atoms with E-state index in [1.54, 1.807) is 91.3 Å². The number of phenols is 3. The van der Waals surface area contributed by atoms with Crippen LogP contribution in [0.3, 0.4) is 0 Å². The van der Waals surface area contributed by atoms with Crippen molar-refractivity contribution < 1.29 is 30.0 Å². The SMILES string of the molecule is O=C(O)CCNC(=O)c1ccc(-c2cncc(-c3cccc(O)c3)c3ccc([nH]3)c(-c3cccc(O)c3)c3nc(c(-c4cccc(O)c4)c4ccc2[nH]4)C=C3)cc1.[B]. The zero-order valence-corrected chi connectivity index (χ0v) is 30.8. The van der Waals surface area contributed by atoms with E-state index in [2.05, 4.69) is 15.3 Å². The molecule has 7 aromatic rings. The number of phenolic OH excluding ortho intramolecular Hbond substituents is 3. The predicted octanol–water partition coefficient (Wildman–Crippen LogP) is 8.78. The highest BCUT2D eigenvalue weighted by Gasteiger charge is 2.17. The molecule has 12 heteroatoms. The molecule has 7 N–H and O–H groups in total. The van der Waals surface area contributed by atoms with Gasteiger partial charge in [-0.3, -0.25) is 14.6 Å². The number of aromatic nitrogens is 4. The van der Waals surface area contributed by atoms with Gasteiger partial charge in [0.1, 0.15) is 17.2 Å². The maximum atomic E-state index is 12.8. The Morgan fingerprint density at radius 2 is 1.03 bits per heavy atom. The first-order valence-corrected chi connectivity index (χ1v) is 18.1. The van der Waals surface area contributed by atoms with Crippen molar-refractivity contribution >= 4 is 54.5 Å². The number of aromatic hydroxyl groups is 3. The minimum Gasteiger partial charge on any atom is -0.508 e. The summed E-state index contributed by atoms with van der Waals surface area (Å²) in [5, 5.41) is 43.2. The van der Waals surface area contributed by atoms with E-state index in [1.807, 2.05) is 54.6 Å². The lowest BCUT2D eigenvalue weighted by Gasteiger charge is -2.07. The number of carboxylic acids is 1. The number of carbonyl (C=O) groups is 2. The molecule has 58 heavy (non-hydrogen) atoms. The minimum atomic E-state index is -1.000. The van der Waals surface area contributed by atoms with Crippen LogP contribution in [0.25, 0.3) is 78.7 Å². The number of aliphatic carboxylic acids is 1. The topological polar surface area (TPSA) is 184 Å². The molecule has 1 aliphatic rings. The molecule has 0 atom stereocenters. The number of aromatic amines is 2. The average molecular weight is 765 g/mol. The molecule has 0 saturated carbocycles. The third-order valence-corrected chi connectivity index (χ3v) is 9.56. The minimum absolute atomic E-state index is 0. The lowest BCUT2D eigenvalue weighted by atomic mass is 10.0. The summed E-state index contributed by atoms with van der Waals surface area (Å²) in [7, 11) is 0. The molecule has 3 aromatic heterocycles. The molecule has 0 aliphatic carbocycles. The molecule has 283 valence electrons. The number of fused-ring (bicyclic) bond motifs is 6. The monoisotopic (exact) mass is 764 g/mol. The van der Waals surface area contributed by atoms with Gasteiger partial charge in [0, 0.05) is 77.2 Å². The number of H-pyrrole nitrogens is 2. The molecule has 4 heterocycles. The number of nitrogens with zero attached hydrogens (tertiary/aromatic N) is 2. The fourth-order valence-electron chi connectivity index (χ4n) is 6.89. The van der Waals surface area contributed by atoms with E-state index in [4.69, 9.17) is 15.1 Å². The normalized spacial score (nSPS) is 11.1. The van der Waals surface area contributed by atoms with E-state index in [1.165, 1.54) is 0 Å². The Bertz CT molecular complexity index is 2880. The third-order valence-electron chi connectivity index (χ3n) is 9.56. The van der Waals surface area contributed by atoms with Gasteiger partial charge in [0.2, 0.25) is 0 Å². The standard InChI is InChI=1S/C46H35N5O6.B/c52-32-7-1-4-29(22-32)36-26-47-25-35(27-10-12-28(13-11-27)46(57)48-21-20-43(55)56)37-14-16-39(49-37)44(30-5-2-8-33(53)23-30)41-18-19-42(51-41)45(40-17-15-38(36)50-40)31-6-3-9-34(54)24-31;/h1-19,22-26,49-50,52-54H,20-21H2,(H,48,57)(H,55,56);. The first kappa shape index (κ1) is 38.4. The van der Waals surface area contributed by atoms with Gasteiger partial charge in [-0.15, -0.1) is 0 Å². The van der Waals surface area contributed by atoms with Crippen LogP contribution in [-0.4, -0.2) is 67.2 Å². The van der Waals surface area contributed by atoms with Gasteiger partial charge in [0.05, 0.1) is 17.8 Å². The third kappa shape index (κ3) is 8.07. The smallest absolute Gasteiger partial charge is 0.305 e. The first-order valence-electron chi connectivity index (χ1n) is 18.1. The predicted molar refractivity (Wildman–Crippen MR) is 227 cm³/mol. The second-order valence-corrected chi connectivity index (χ2v) is 13.4. The fraction of sp³-hybridized carbons (Fsp3) is 0.0435. The maximum absolute atomic E-state index is 12.8. The van der Waals surface area contributed by atoms with Crippen LogP contribution in [0.1, 0.15) is 28.2 Å². The molecule has 8 rings (SSSR count). The fourth-order valence-corrected chi connectivity index (χ4v) is 6.89. The molecule has 6 bridgehead atoms. The van der Waals surface area contributed by atoms with Crippen molar-refractivity contribution in [2.75, 3.05) is 6.54 Å². The maximum Gasteiger partial charge on any atom is 0.305 e. The van der Waals surface area contributed by atoms with Crippen LogP contribution in [0, 0.1) is 0 Å². The van der Waals surface area contributed by atoms with Crippen molar-refractivity contribution in [3.8, 4) is 61.8 Å². The van der Waals surface area contributed by atoms with Gasteiger partial charge < -0.3 is 35.7 Å². The van der Waals surface area contributed by atoms with E-state index in [0.29, 0.717) is 50.2 Å². The summed E-state index contributed by atoms with van der Waals surface area (Å²) >= 11 is 0. The highest BCUT2D eigenvalue weighted by molar-refractivity contribution is 5.98. The molecule has 0 unspecified atom stereocenters. The summed E-state index contributed by atoms with van der Waals surface area (Å²) in [6.07, 6.45) is 7.08. The summed E-state index contributed by atoms with van der Waals surface area (Å²) in [5.74, 6) is -1.10. The molecule has 1 amide bonds. The zero-order chi connectivity index (χ0) is 39.5. The van der Waals surface area contributed by atoms with Crippen LogP contribution in [0.4, 0.5) is 0 Å². The van der Waals surface area contributed by atoms with Crippen molar-refractivity contribution in [2.45, 2.75) is 6.42 Å². The summed E-state index contributed by atoms with van der Waals surface area (Å²) in [6, 6.07) is 35.5. The highest BCUT2D eigenvalue weighted by Crippen LogP contribution is 2.37. The lowest BCUT2D eigenvalue weighted by Crippen LogP contribution is -2.25. The molecule has 0 saturated heterocycles. The van der Waals surface area contributed by atoms with Crippen molar-refractivity contribution in [3.05, 3.63) is 151 Å². The Hall–Kier alpha value is -7.86. The largest absolute Gasteiger partial charge is 0.508 e.